The highest BCUT2D eigenvalue weighted by molar-refractivity contribution is 5.96. The standard InChI is InChI=1S/C19H26N4O2/c1-13(2)10-11-20-19(25)16-12-17(21-18(24)14(3)4)23(22-16)15-8-6-5-7-9-15/h5-9,12-14H,10-11H2,1-4H3,(H,20,25)(H,21,24). The highest BCUT2D eigenvalue weighted by Crippen LogP contribution is 2.18. The fraction of sp³-hybridized carbons (Fsp3) is 0.421. The molecule has 0 aliphatic heterocycles. The van der Waals surface area contributed by atoms with Gasteiger partial charge in [-0.3, -0.25) is 9.59 Å². The van der Waals surface area contributed by atoms with Crippen LogP contribution in [0.4, 0.5) is 5.82 Å². The molecule has 25 heavy (non-hydrogen) atoms. The largest absolute Gasteiger partial charge is 0.351 e. The highest BCUT2D eigenvalue weighted by Gasteiger charge is 2.18. The van der Waals surface area contributed by atoms with Crippen molar-refractivity contribution in [3.63, 3.8) is 0 Å². The van der Waals surface area contributed by atoms with Gasteiger partial charge in [-0.1, -0.05) is 45.9 Å². The summed E-state index contributed by atoms with van der Waals surface area (Å²) >= 11 is 0. The second-order valence-corrected chi connectivity index (χ2v) is 6.74. The van der Waals surface area contributed by atoms with E-state index in [0.29, 0.717) is 18.3 Å². The van der Waals surface area contributed by atoms with E-state index in [4.69, 9.17) is 0 Å². The molecular formula is C19H26N4O2. The molecule has 2 rings (SSSR count). The van der Waals surface area contributed by atoms with Crippen LogP contribution in [-0.2, 0) is 4.79 Å². The second kappa shape index (κ2) is 8.46. The average molecular weight is 342 g/mol. The van der Waals surface area contributed by atoms with Gasteiger partial charge in [0.2, 0.25) is 5.91 Å². The minimum Gasteiger partial charge on any atom is -0.351 e. The molecule has 0 saturated carbocycles. The monoisotopic (exact) mass is 342 g/mol. The number of hydrogen-bond donors (Lipinski definition) is 2. The van der Waals surface area contributed by atoms with Gasteiger partial charge in [-0.05, 0) is 24.5 Å². The van der Waals surface area contributed by atoms with E-state index >= 15 is 0 Å². The summed E-state index contributed by atoms with van der Waals surface area (Å²) in [6.07, 6.45) is 0.905. The molecule has 6 heteroatoms. The highest BCUT2D eigenvalue weighted by atomic mass is 16.2. The minimum absolute atomic E-state index is 0.121. The van der Waals surface area contributed by atoms with Crippen LogP contribution < -0.4 is 10.6 Å². The van der Waals surface area contributed by atoms with Crippen LogP contribution in [0.5, 0.6) is 0 Å². The first kappa shape index (κ1) is 18.7. The van der Waals surface area contributed by atoms with E-state index in [0.717, 1.165) is 12.1 Å². The second-order valence-electron chi connectivity index (χ2n) is 6.74. The Bertz CT molecular complexity index is 720. The van der Waals surface area contributed by atoms with Crippen LogP contribution in [-0.4, -0.2) is 28.1 Å². The molecule has 0 aliphatic carbocycles. The maximum Gasteiger partial charge on any atom is 0.271 e. The molecule has 0 saturated heterocycles. The summed E-state index contributed by atoms with van der Waals surface area (Å²) in [4.78, 5) is 24.4. The van der Waals surface area contributed by atoms with Crippen molar-refractivity contribution in [2.45, 2.75) is 34.1 Å². The number of aromatic nitrogens is 2. The van der Waals surface area contributed by atoms with Crippen molar-refractivity contribution >= 4 is 17.6 Å². The van der Waals surface area contributed by atoms with Gasteiger partial charge in [0.05, 0.1) is 5.69 Å². The summed E-state index contributed by atoms with van der Waals surface area (Å²) in [7, 11) is 0. The summed E-state index contributed by atoms with van der Waals surface area (Å²) in [5.41, 5.74) is 1.06. The zero-order valence-electron chi connectivity index (χ0n) is 15.2. The fourth-order valence-corrected chi connectivity index (χ4v) is 2.18. The van der Waals surface area contributed by atoms with Gasteiger partial charge in [-0.15, -0.1) is 0 Å². The molecule has 0 radical (unpaired) electrons. The zero-order valence-corrected chi connectivity index (χ0v) is 15.2. The number of carbonyl (C=O) groups is 2. The topological polar surface area (TPSA) is 76.0 Å². The molecule has 2 N–H and O–H groups in total. The Morgan fingerprint density at radius 2 is 1.80 bits per heavy atom. The van der Waals surface area contributed by atoms with Crippen molar-refractivity contribution in [3.05, 3.63) is 42.1 Å². The van der Waals surface area contributed by atoms with Gasteiger partial charge >= 0.3 is 0 Å². The first-order chi connectivity index (χ1) is 11.9. The number of rotatable bonds is 7. The number of para-hydroxylation sites is 1. The molecule has 6 nitrogen and oxygen atoms in total. The van der Waals surface area contributed by atoms with Crippen LogP contribution in [0.15, 0.2) is 36.4 Å². The van der Waals surface area contributed by atoms with Gasteiger partial charge in [0.1, 0.15) is 5.82 Å². The van der Waals surface area contributed by atoms with Crippen molar-refractivity contribution in [2.75, 3.05) is 11.9 Å². The molecule has 2 aromatic rings. The van der Waals surface area contributed by atoms with Gasteiger partial charge in [-0.2, -0.15) is 5.10 Å². The van der Waals surface area contributed by atoms with E-state index in [1.807, 2.05) is 44.2 Å². The van der Waals surface area contributed by atoms with Gasteiger partial charge in [0.15, 0.2) is 5.69 Å². The Kier molecular flexibility index (Phi) is 6.33. The van der Waals surface area contributed by atoms with Crippen molar-refractivity contribution in [1.29, 1.82) is 0 Å². The summed E-state index contributed by atoms with van der Waals surface area (Å²) in [5.74, 6) is 0.476. The predicted octanol–water partition coefficient (Wildman–Crippen LogP) is 3.24. The Morgan fingerprint density at radius 1 is 1.12 bits per heavy atom. The number of anilines is 1. The Balaban J connectivity index is 2.26. The fourth-order valence-electron chi connectivity index (χ4n) is 2.18. The molecule has 2 amide bonds. The molecule has 0 unspecified atom stereocenters. The lowest BCUT2D eigenvalue weighted by Gasteiger charge is -2.10. The number of amides is 2. The zero-order chi connectivity index (χ0) is 18.4. The van der Waals surface area contributed by atoms with Crippen LogP contribution in [0.2, 0.25) is 0 Å². The van der Waals surface area contributed by atoms with Gasteiger partial charge < -0.3 is 10.6 Å². The lowest BCUT2D eigenvalue weighted by atomic mass is 10.1. The van der Waals surface area contributed by atoms with Crippen LogP contribution in [0.25, 0.3) is 5.69 Å². The lowest BCUT2D eigenvalue weighted by Crippen LogP contribution is -2.25. The first-order valence-corrected chi connectivity index (χ1v) is 8.63. The Hall–Kier alpha value is -2.63. The van der Waals surface area contributed by atoms with Gasteiger partial charge in [-0.25, -0.2) is 4.68 Å². The third-order valence-corrected chi connectivity index (χ3v) is 3.73. The van der Waals surface area contributed by atoms with Crippen LogP contribution in [0.1, 0.15) is 44.6 Å². The van der Waals surface area contributed by atoms with E-state index in [1.165, 1.54) is 0 Å². The van der Waals surface area contributed by atoms with Crippen molar-refractivity contribution in [3.8, 4) is 5.69 Å². The molecule has 1 aromatic carbocycles. The molecule has 0 atom stereocenters. The number of benzene rings is 1. The molecule has 134 valence electrons. The lowest BCUT2D eigenvalue weighted by molar-refractivity contribution is -0.118. The van der Waals surface area contributed by atoms with E-state index in [1.54, 1.807) is 10.7 Å². The van der Waals surface area contributed by atoms with E-state index < -0.39 is 0 Å². The third-order valence-electron chi connectivity index (χ3n) is 3.73. The molecule has 1 heterocycles. The van der Waals surface area contributed by atoms with E-state index in [-0.39, 0.29) is 23.4 Å². The van der Waals surface area contributed by atoms with Crippen LogP contribution >= 0.6 is 0 Å². The quantitative estimate of drug-likeness (QED) is 0.811. The maximum absolute atomic E-state index is 12.3. The van der Waals surface area contributed by atoms with Crippen molar-refractivity contribution in [2.24, 2.45) is 11.8 Å². The predicted molar refractivity (Wildman–Crippen MR) is 98.8 cm³/mol. The Labute approximate surface area is 148 Å². The smallest absolute Gasteiger partial charge is 0.271 e. The van der Waals surface area contributed by atoms with Crippen LogP contribution in [0, 0.1) is 11.8 Å². The molecule has 1 aromatic heterocycles. The molecule has 0 aliphatic rings. The van der Waals surface area contributed by atoms with Gasteiger partial charge in [0, 0.05) is 18.5 Å². The van der Waals surface area contributed by atoms with Crippen molar-refractivity contribution < 1.29 is 9.59 Å². The molecule has 0 fully saturated rings. The normalized spacial score (nSPS) is 11.0. The third kappa shape index (κ3) is 5.17. The molecule has 0 spiro atoms. The van der Waals surface area contributed by atoms with E-state index in [9.17, 15) is 9.59 Å². The number of hydrogen-bond acceptors (Lipinski definition) is 3. The number of nitrogens with zero attached hydrogens (tertiary/aromatic N) is 2. The minimum atomic E-state index is -0.240. The number of carbonyl (C=O) groups excluding carboxylic acids is 2. The SMILES string of the molecule is CC(C)CCNC(=O)c1cc(NC(=O)C(C)C)n(-c2ccccc2)n1. The maximum atomic E-state index is 12.3. The summed E-state index contributed by atoms with van der Waals surface area (Å²) in [6, 6.07) is 11.0. The molecular weight excluding hydrogens is 316 g/mol. The number of nitrogens with one attached hydrogen (secondary N) is 2. The van der Waals surface area contributed by atoms with E-state index in [2.05, 4.69) is 29.6 Å². The first-order valence-electron chi connectivity index (χ1n) is 8.63. The van der Waals surface area contributed by atoms with Crippen molar-refractivity contribution in [1.82, 2.24) is 15.1 Å². The summed E-state index contributed by atoms with van der Waals surface area (Å²) < 4.78 is 1.58. The van der Waals surface area contributed by atoms with Crippen LogP contribution in [0.3, 0.4) is 0 Å². The average Bonchev–Trinajstić information content (AvgIpc) is 2.99. The Morgan fingerprint density at radius 3 is 2.40 bits per heavy atom. The van der Waals surface area contributed by atoms with Gasteiger partial charge in [0.25, 0.3) is 5.91 Å². The summed E-state index contributed by atoms with van der Waals surface area (Å²) in [5, 5.41) is 10.1. The summed E-state index contributed by atoms with van der Waals surface area (Å²) in [6.45, 7) is 8.45. The molecule has 0 bridgehead atoms.